The summed E-state index contributed by atoms with van der Waals surface area (Å²) in [7, 11) is 0. The third-order valence-corrected chi connectivity index (χ3v) is 5.90. The average Bonchev–Trinajstić information content (AvgIpc) is 2.71. The molecule has 0 amide bonds. The molecule has 0 radical (unpaired) electrons. The van der Waals surface area contributed by atoms with Gasteiger partial charge in [-0.2, -0.15) is 0 Å². The maximum absolute atomic E-state index is 10.6. The van der Waals surface area contributed by atoms with Crippen molar-refractivity contribution in [2.75, 3.05) is 12.4 Å². The molecule has 0 aliphatic carbocycles. The summed E-state index contributed by atoms with van der Waals surface area (Å²) in [5.41, 5.74) is 3.54. The van der Waals surface area contributed by atoms with Crippen LogP contribution in [0.15, 0.2) is 83.8 Å². The second-order valence-corrected chi connectivity index (χ2v) is 8.83. The van der Waals surface area contributed by atoms with Gasteiger partial charge in [0.05, 0.1) is 5.02 Å². The monoisotopic (exact) mass is 536 g/mol. The maximum Gasteiger partial charge on any atom is 0.341 e. The molecule has 0 aliphatic rings. The van der Waals surface area contributed by atoms with E-state index in [2.05, 4.69) is 65.1 Å². The van der Waals surface area contributed by atoms with E-state index in [1.54, 1.807) is 23.9 Å². The van der Waals surface area contributed by atoms with Crippen molar-refractivity contribution in [1.82, 2.24) is 0 Å². The topological polar surface area (TPSA) is 46.5 Å². The van der Waals surface area contributed by atoms with Gasteiger partial charge < -0.3 is 9.84 Å². The highest BCUT2D eigenvalue weighted by Crippen LogP contribution is 2.31. The third-order valence-electron chi connectivity index (χ3n) is 4.01. The van der Waals surface area contributed by atoms with Gasteiger partial charge in [0.1, 0.15) is 5.75 Å². The van der Waals surface area contributed by atoms with Gasteiger partial charge >= 0.3 is 5.97 Å². The van der Waals surface area contributed by atoms with Crippen LogP contribution in [0.2, 0.25) is 5.02 Å². The molecule has 3 aromatic carbocycles. The number of ether oxygens (including phenoxy) is 1. The number of carbonyl (C=O) groups is 1. The normalized spacial score (nSPS) is 11.3. The van der Waals surface area contributed by atoms with Crippen molar-refractivity contribution in [3.8, 4) is 5.75 Å². The molecule has 0 atom stereocenters. The number of hydrogen-bond acceptors (Lipinski definition) is 3. The van der Waals surface area contributed by atoms with Crippen LogP contribution in [0.5, 0.6) is 5.75 Å². The first kappa shape index (κ1) is 21.7. The molecule has 0 aromatic heterocycles. The lowest BCUT2D eigenvalue weighted by Gasteiger charge is -2.10. The van der Waals surface area contributed by atoms with Crippen molar-refractivity contribution in [2.24, 2.45) is 0 Å². The standard InChI is InChI=1S/C23H18ClIO3S/c24-21-14-19(9-10-22(21)28-15-23(26)27)29-12-11-20(16-5-2-1-3-6-16)17-7-4-8-18(25)13-17/h1-11,13-14H,12,15H2,(H,26,27). The second kappa shape index (κ2) is 10.7. The molecule has 29 heavy (non-hydrogen) atoms. The van der Waals surface area contributed by atoms with E-state index in [9.17, 15) is 4.79 Å². The number of aliphatic carboxylic acids is 1. The van der Waals surface area contributed by atoms with Crippen LogP contribution in [-0.2, 0) is 4.79 Å². The summed E-state index contributed by atoms with van der Waals surface area (Å²) in [6.45, 7) is -0.411. The molecule has 0 saturated heterocycles. The summed E-state index contributed by atoms with van der Waals surface area (Å²) in [6.07, 6.45) is 2.22. The Morgan fingerprint density at radius 1 is 1.03 bits per heavy atom. The Balaban J connectivity index is 1.76. The highest BCUT2D eigenvalue weighted by atomic mass is 127. The van der Waals surface area contributed by atoms with Crippen LogP contribution in [0, 0.1) is 3.57 Å². The number of halogens is 2. The van der Waals surface area contributed by atoms with E-state index in [1.165, 1.54) is 20.3 Å². The summed E-state index contributed by atoms with van der Waals surface area (Å²) < 4.78 is 6.36. The maximum atomic E-state index is 10.6. The SMILES string of the molecule is O=C(O)COc1ccc(SCC=C(c2ccccc2)c2cccc(I)c2)cc1Cl. The second-order valence-electron chi connectivity index (χ2n) is 6.08. The lowest BCUT2D eigenvalue weighted by molar-refractivity contribution is -0.139. The highest BCUT2D eigenvalue weighted by molar-refractivity contribution is 14.1. The van der Waals surface area contributed by atoms with Gasteiger partial charge in [0, 0.05) is 14.2 Å². The third kappa shape index (κ3) is 6.52. The fourth-order valence-electron chi connectivity index (χ4n) is 2.73. The lowest BCUT2D eigenvalue weighted by Crippen LogP contribution is -2.09. The Morgan fingerprint density at radius 3 is 2.48 bits per heavy atom. The Morgan fingerprint density at radius 2 is 1.79 bits per heavy atom. The summed E-state index contributed by atoms with van der Waals surface area (Å²) >= 11 is 10.2. The number of carboxylic acid groups (broad SMARTS) is 1. The molecule has 148 valence electrons. The summed E-state index contributed by atoms with van der Waals surface area (Å²) in [6, 6.07) is 24.2. The van der Waals surface area contributed by atoms with Gasteiger partial charge in [-0.25, -0.2) is 4.79 Å². The van der Waals surface area contributed by atoms with Gasteiger partial charge in [-0.3, -0.25) is 0 Å². The summed E-state index contributed by atoms with van der Waals surface area (Å²) in [5.74, 6) is 0.105. The Hall–Kier alpha value is -1.96. The van der Waals surface area contributed by atoms with Crippen LogP contribution in [0.1, 0.15) is 11.1 Å². The van der Waals surface area contributed by atoms with Crippen LogP contribution in [0.4, 0.5) is 0 Å². The van der Waals surface area contributed by atoms with Crippen LogP contribution in [0.3, 0.4) is 0 Å². The van der Waals surface area contributed by atoms with Crippen molar-refractivity contribution < 1.29 is 14.6 Å². The molecule has 0 unspecified atom stereocenters. The number of thioether (sulfide) groups is 1. The molecule has 0 bridgehead atoms. The first-order valence-electron chi connectivity index (χ1n) is 8.81. The quantitative estimate of drug-likeness (QED) is 0.259. The fraction of sp³-hybridized carbons (Fsp3) is 0.0870. The molecule has 3 rings (SSSR count). The minimum absolute atomic E-state index is 0.373. The van der Waals surface area contributed by atoms with Gasteiger partial charge in [0.2, 0.25) is 0 Å². The van der Waals surface area contributed by atoms with E-state index < -0.39 is 12.6 Å². The van der Waals surface area contributed by atoms with E-state index in [0.29, 0.717) is 10.8 Å². The minimum Gasteiger partial charge on any atom is -0.480 e. The van der Waals surface area contributed by atoms with Gasteiger partial charge in [-0.15, -0.1) is 11.8 Å². The fourth-order valence-corrected chi connectivity index (χ4v) is 4.38. The predicted octanol–water partition coefficient (Wildman–Crippen LogP) is 6.63. The summed E-state index contributed by atoms with van der Waals surface area (Å²) in [4.78, 5) is 11.6. The number of benzene rings is 3. The smallest absolute Gasteiger partial charge is 0.341 e. The van der Waals surface area contributed by atoms with Crippen LogP contribution < -0.4 is 4.74 Å². The van der Waals surface area contributed by atoms with E-state index >= 15 is 0 Å². The Bertz CT molecular complexity index is 1020. The molecule has 0 saturated carbocycles. The molecule has 0 fully saturated rings. The predicted molar refractivity (Wildman–Crippen MR) is 128 cm³/mol. The largest absolute Gasteiger partial charge is 0.480 e. The van der Waals surface area contributed by atoms with Crippen LogP contribution >= 0.6 is 46.0 Å². The Labute approximate surface area is 192 Å². The van der Waals surface area contributed by atoms with Crippen molar-refractivity contribution in [3.63, 3.8) is 0 Å². The van der Waals surface area contributed by atoms with E-state index in [4.69, 9.17) is 21.4 Å². The first-order valence-corrected chi connectivity index (χ1v) is 11.3. The number of rotatable bonds is 8. The molecule has 0 spiro atoms. The van der Waals surface area contributed by atoms with Gasteiger partial charge in [-0.05, 0) is 69.6 Å². The molecule has 6 heteroatoms. The molecule has 0 aliphatic heterocycles. The molecule has 3 nitrogen and oxygen atoms in total. The number of carboxylic acids is 1. The van der Waals surface area contributed by atoms with E-state index in [0.717, 1.165) is 10.6 Å². The zero-order valence-electron chi connectivity index (χ0n) is 15.3. The van der Waals surface area contributed by atoms with Gasteiger partial charge in [0.25, 0.3) is 0 Å². The molecule has 0 heterocycles. The van der Waals surface area contributed by atoms with E-state index in [-0.39, 0.29) is 0 Å². The Kier molecular flexibility index (Phi) is 8.03. The van der Waals surface area contributed by atoms with Crippen LogP contribution in [0.25, 0.3) is 5.57 Å². The van der Waals surface area contributed by atoms with Crippen molar-refractivity contribution in [2.45, 2.75) is 4.90 Å². The van der Waals surface area contributed by atoms with Crippen molar-refractivity contribution >= 4 is 57.5 Å². The zero-order chi connectivity index (χ0) is 20.6. The highest BCUT2D eigenvalue weighted by Gasteiger charge is 2.08. The molecule has 1 N–H and O–H groups in total. The van der Waals surface area contributed by atoms with Gasteiger partial charge in [-0.1, -0.05) is 60.1 Å². The van der Waals surface area contributed by atoms with E-state index in [1.807, 2.05) is 24.3 Å². The minimum atomic E-state index is -1.03. The number of hydrogen-bond donors (Lipinski definition) is 1. The van der Waals surface area contributed by atoms with Crippen molar-refractivity contribution in [1.29, 1.82) is 0 Å². The van der Waals surface area contributed by atoms with Crippen LogP contribution in [-0.4, -0.2) is 23.4 Å². The first-order chi connectivity index (χ1) is 14.0. The molecule has 3 aromatic rings. The summed E-state index contributed by atoms with van der Waals surface area (Å²) in [5, 5.41) is 9.12. The average molecular weight is 537 g/mol. The molecular weight excluding hydrogens is 519 g/mol. The molecular formula is C23H18ClIO3S. The zero-order valence-corrected chi connectivity index (χ0v) is 19.1. The lowest BCUT2D eigenvalue weighted by atomic mass is 9.98. The van der Waals surface area contributed by atoms with Gasteiger partial charge in [0.15, 0.2) is 6.61 Å². The van der Waals surface area contributed by atoms with Crippen molar-refractivity contribution in [3.05, 3.63) is 98.6 Å².